The number of hydrogen-bond acceptors (Lipinski definition) is 7. The number of nitrogens with one attached hydrogen (secondary N) is 1. The fourth-order valence-electron chi connectivity index (χ4n) is 2.70. The van der Waals surface area contributed by atoms with E-state index in [1.807, 2.05) is 0 Å². The zero-order chi connectivity index (χ0) is 22.5. The van der Waals surface area contributed by atoms with Crippen molar-refractivity contribution in [1.82, 2.24) is 9.99 Å². The molecule has 2 rings (SSSR count). The minimum atomic E-state index is -0.659. The van der Waals surface area contributed by atoms with E-state index in [0.29, 0.717) is 16.7 Å². The normalized spacial score (nSPS) is 11.1. The lowest BCUT2D eigenvalue weighted by atomic mass is 10.1. The van der Waals surface area contributed by atoms with Gasteiger partial charge in [0.2, 0.25) is 5.43 Å². The number of alkyl carbamates (subject to hydrolysis) is 1. The third-order valence-corrected chi connectivity index (χ3v) is 3.92. The molecule has 0 aliphatic rings. The van der Waals surface area contributed by atoms with Crippen molar-refractivity contribution in [2.45, 2.75) is 33.3 Å². The van der Waals surface area contributed by atoms with Crippen LogP contribution in [0, 0.1) is 0 Å². The third kappa shape index (κ3) is 5.88. The fourth-order valence-corrected chi connectivity index (χ4v) is 2.70. The van der Waals surface area contributed by atoms with Gasteiger partial charge in [-0.15, -0.1) is 0 Å². The molecule has 30 heavy (non-hydrogen) atoms. The Morgan fingerprint density at radius 1 is 1.20 bits per heavy atom. The first-order chi connectivity index (χ1) is 14.0. The molecule has 0 saturated carbocycles. The Bertz CT molecular complexity index is 975. The molecule has 0 saturated heterocycles. The van der Waals surface area contributed by atoms with Crippen molar-refractivity contribution in [1.29, 1.82) is 0 Å². The highest BCUT2D eigenvalue weighted by atomic mass is 16.6. The van der Waals surface area contributed by atoms with E-state index in [9.17, 15) is 14.4 Å². The average Bonchev–Trinajstić information content (AvgIpc) is 2.64. The molecule has 164 valence electrons. The van der Waals surface area contributed by atoms with Crippen LogP contribution in [0.15, 0.2) is 29.2 Å². The summed E-state index contributed by atoms with van der Waals surface area (Å²) in [6.45, 7) is 7.71. The van der Waals surface area contributed by atoms with Gasteiger partial charge < -0.3 is 24.5 Å². The highest BCUT2D eigenvalue weighted by molar-refractivity contribution is 5.94. The molecular weight excluding hydrogens is 390 g/mol. The summed E-state index contributed by atoms with van der Waals surface area (Å²) >= 11 is 0. The molecule has 0 fully saturated rings. The zero-order valence-electron chi connectivity index (χ0n) is 18.3. The molecule has 0 aliphatic carbocycles. The van der Waals surface area contributed by atoms with E-state index in [4.69, 9.17) is 14.2 Å². The van der Waals surface area contributed by atoms with Crippen molar-refractivity contribution in [3.8, 4) is 5.75 Å². The SMILES string of the molecule is CCOC(=O)c1cn(N(C)C)c2cc(OCCNC(=O)OC(C)(C)C)ccc2c1=O. The lowest BCUT2D eigenvalue weighted by molar-refractivity contribution is 0.0511. The van der Waals surface area contributed by atoms with Crippen LogP contribution in [-0.4, -0.2) is 56.2 Å². The number of rotatable bonds is 7. The van der Waals surface area contributed by atoms with Gasteiger partial charge in [0.05, 0.1) is 18.7 Å². The number of benzene rings is 1. The van der Waals surface area contributed by atoms with Gasteiger partial charge in [0, 0.05) is 31.7 Å². The molecule has 0 spiro atoms. The third-order valence-electron chi connectivity index (χ3n) is 3.92. The van der Waals surface area contributed by atoms with E-state index in [1.54, 1.807) is 69.7 Å². The summed E-state index contributed by atoms with van der Waals surface area (Å²) in [6, 6.07) is 4.96. The number of nitrogens with zero attached hydrogens (tertiary/aromatic N) is 2. The Morgan fingerprint density at radius 2 is 1.90 bits per heavy atom. The Labute approximate surface area is 175 Å². The predicted octanol–water partition coefficient (Wildman–Crippen LogP) is 2.28. The number of esters is 1. The maximum atomic E-state index is 12.7. The van der Waals surface area contributed by atoms with Crippen LogP contribution in [-0.2, 0) is 9.47 Å². The molecular formula is C21H29N3O6. The smallest absolute Gasteiger partial charge is 0.407 e. The van der Waals surface area contributed by atoms with Crippen LogP contribution >= 0.6 is 0 Å². The highest BCUT2D eigenvalue weighted by Gasteiger charge is 2.18. The minimum absolute atomic E-state index is 0.0340. The largest absolute Gasteiger partial charge is 0.492 e. The molecule has 0 bridgehead atoms. The topological polar surface area (TPSA) is 99.1 Å². The van der Waals surface area contributed by atoms with Crippen LogP contribution in [0.3, 0.4) is 0 Å². The quantitative estimate of drug-likeness (QED) is 0.543. The summed E-state index contributed by atoms with van der Waals surface area (Å²) in [7, 11) is 3.58. The van der Waals surface area contributed by atoms with Crippen molar-refractivity contribution in [2.24, 2.45) is 0 Å². The maximum absolute atomic E-state index is 12.7. The Morgan fingerprint density at radius 3 is 2.50 bits per heavy atom. The predicted molar refractivity (Wildman–Crippen MR) is 114 cm³/mol. The molecule has 0 aliphatic heterocycles. The molecule has 1 N–H and O–H groups in total. The van der Waals surface area contributed by atoms with E-state index >= 15 is 0 Å². The molecule has 2 aromatic rings. The fraction of sp³-hybridized carbons (Fsp3) is 0.476. The van der Waals surface area contributed by atoms with E-state index in [2.05, 4.69) is 5.32 Å². The van der Waals surface area contributed by atoms with Gasteiger partial charge in [0.15, 0.2) is 0 Å². The van der Waals surface area contributed by atoms with Crippen LogP contribution in [0.2, 0.25) is 0 Å². The lowest BCUT2D eigenvalue weighted by Gasteiger charge is -2.21. The summed E-state index contributed by atoms with van der Waals surface area (Å²) in [5.74, 6) is -0.138. The van der Waals surface area contributed by atoms with Crippen molar-refractivity contribution in [3.63, 3.8) is 0 Å². The van der Waals surface area contributed by atoms with E-state index in [-0.39, 0.29) is 25.3 Å². The number of carbonyl (C=O) groups excluding carboxylic acids is 2. The Kier molecular flexibility index (Phi) is 7.31. The number of pyridine rings is 1. The molecule has 0 atom stereocenters. The van der Waals surface area contributed by atoms with Crippen LogP contribution in [0.4, 0.5) is 4.79 Å². The van der Waals surface area contributed by atoms with Gasteiger partial charge in [0.25, 0.3) is 0 Å². The van der Waals surface area contributed by atoms with Crippen LogP contribution in [0.5, 0.6) is 5.75 Å². The second-order valence-electron chi connectivity index (χ2n) is 7.74. The number of carbonyl (C=O) groups is 2. The molecule has 1 amide bonds. The molecule has 0 radical (unpaired) electrons. The molecule has 9 nitrogen and oxygen atoms in total. The van der Waals surface area contributed by atoms with Crippen LogP contribution < -0.4 is 20.5 Å². The van der Waals surface area contributed by atoms with Gasteiger partial charge in [-0.1, -0.05) is 0 Å². The number of fused-ring (bicyclic) bond motifs is 1. The molecule has 0 unspecified atom stereocenters. The maximum Gasteiger partial charge on any atom is 0.407 e. The summed E-state index contributed by atoms with van der Waals surface area (Å²) in [4.78, 5) is 36.6. The average molecular weight is 419 g/mol. The van der Waals surface area contributed by atoms with Crippen molar-refractivity contribution < 1.29 is 23.8 Å². The van der Waals surface area contributed by atoms with E-state index in [1.165, 1.54) is 6.20 Å². The van der Waals surface area contributed by atoms with Gasteiger partial charge in [-0.2, -0.15) is 0 Å². The van der Waals surface area contributed by atoms with Crippen molar-refractivity contribution in [2.75, 3.05) is 38.9 Å². The molecule has 9 heteroatoms. The lowest BCUT2D eigenvalue weighted by Crippen LogP contribution is -2.34. The summed E-state index contributed by atoms with van der Waals surface area (Å²) in [5.41, 5.74) is -0.426. The Balaban J connectivity index is 2.20. The number of amides is 1. The first kappa shape index (κ1) is 23.1. The molecule has 1 aromatic heterocycles. The van der Waals surface area contributed by atoms with Crippen molar-refractivity contribution in [3.05, 3.63) is 40.2 Å². The summed E-state index contributed by atoms with van der Waals surface area (Å²) in [6.07, 6.45) is 0.939. The van der Waals surface area contributed by atoms with Crippen LogP contribution in [0.25, 0.3) is 10.9 Å². The second-order valence-corrected chi connectivity index (χ2v) is 7.74. The number of ether oxygens (including phenoxy) is 3. The van der Waals surface area contributed by atoms with Crippen LogP contribution in [0.1, 0.15) is 38.1 Å². The first-order valence-corrected chi connectivity index (χ1v) is 9.67. The van der Waals surface area contributed by atoms with Gasteiger partial charge in [0.1, 0.15) is 23.5 Å². The number of hydrogen-bond donors (Lipinski definition) is 1. The van der Waals surface area contributed by atoms with E-state index < -0.39 is 23.1 Å². The van der Waals surface area contributed by atoms with Gasteiger partial charge >= 0.3 is 12.1 Å². The number of aromatic nitrogens is 1. The Hall–Kier alpha value is -3.23. The van der Waals surface area contributed by atoms with E-state index in [0.717, 1.165) is 0 Å². The molecule has 1 heterocycles. The standard InChI is InChI=1S/C21H29N3O6/c1-7-28-19(26)16-13-24(23(5)6)17-12-14(8-9-15(17)18(16)25)29-11-10-22-20(27)30-21(2,3)4/h8-9,12-13H,7,10-11H2,1-6H3,(H,22,27). The van der Waals surface area contributed by atoms with Gasteiger partial charge in [-0.05, 0) is 39.8 Å². The molecule has 1 aromatic carbocycles. The zero-order valence-corrected chi connectivity index (χ0v) is 18.3. The highest BCUT2D eigenvalue weighted by Crippen LogP contribution is 2.20. The van der Waals surface area contributed by atoms with Gasteiger partial charge in [-0.25, -0.2) is 9.59 Å². The summed E-state index contributed by atoms with van der Waals surface area (Å²) in [5, 5.41) is 4.72. The first-order valence-electron chi connectivity index (χ1n) is 9.67. The minimum Gasteiger partial charge on any atom is -0.492 e. The second kappa shape index (κ2) is 9.51. The van der Waals surface area contributed by atoms with Crippen molar-refractivity contribution >= 4 is 23.0 Å². The van der Waals surface area contributed by atoms with Gasteiger partial charge in [-0.3, -0.25) is 9.47 Å². The monoisotopic (exact) mass is 419 g/mol. The summed E-state index contributed by atoms with van der Waals surface area (Å²) < 4.78 is 17.5.